The normalized spacial score (nSPS) is 12.6. The number of anilines is 1. The van der Waals surface area contributed by atoms with Crippen LogP contribution in [0.25, 0.3) is 0 Å². The number of nitrogens with one attached hydrogen (secondary N) is 1. The van der Waals surface area contributed by atoms with Crippen molar-refractivity contribution in [2.75, 3.05) is 5.32 Å². The van der Waals surface area contributed by atoms with Gasteiger partial charge in [-0.25, -0.2) is 4.79 Å². The average molecular weight is 314 g/mol. The van der Waals surface area contributed by atoms with Crippen molar-refractivity contribution in [3.05, 3.63) is 28.8 Å². The molecular weight excluding hydrogens is 294 g/mol. The summed E-state index contributed by atoms with van der Waals surface area (Å²) in [6.07, 6.45) is -0.244. The van der Waals surface area contributed by atoms with Crippen LogP contribution >= 0.6 is 11.6 Å². The van der Waals surface area contributed by atoms with Gasteiger partial charge in [-0.3, -0.25) is 10.1 Å². The predicted molar refractivity (Wildman–Crippen MR) is 82.0 cm³/mol. The molecule has 0 radical (unpaired) electrons. The lowest BCUT2D eigenvalue weighted by Gasteiger charge is -2.21. The lowest BCUT2D eigenvalue weighted by Crippen LogP contribution is -2.28. The summed E-state index contributed by atoms with van der Waals surface area (Å²) in [7, 11) is 0. The van der Waals surface area contributed by atoms with Gasteiger partial charge in [0.05, 0.1) is 5.92 Å². The molecular formula is C15H20ClNO4. The van der Waals surface area contributed by atoms with Crippen LogP contribution in [0.5, 0.6) is 0 Å². The maximum atomic E-state index is 11.8. The highest BCUT2D eigenvalue weighted by molar-refractivity contribution is 6.31. The van der Waals surface area contributed by atoms with Gasteiger partial charge >= 0.3 is 12.1 Å². The van der Waals surface area contributed by atoms with Crippen molar-refractivity contribution >= 4 is 29.4 Å². The summed E-state index contributed by atoms with van der Waals surface area (Å²) >= 11 is 5.92. The van der Waals surface area contributed by atoms with E-state index in [4.69, 9.17) is 16.3 Å². The molecule has 0 aliphatic heterocycles. The second-order valence-corrected chi connectivity index (χ2v) is 6.09. The molecule has 0 saturated carbocycles. The Bertz CT molecular complexity index is 537. The first kappa shape index (κ1) is 17.3. The molecule has 0 bridgehead atoms. The zero-order valence-electron chi connectivity index (χ0n) is 12.6. The van der Waals surface area contributed by atoms with Gasteiger partial charge in [0, 0.05) is 10.7 Å². The van der Waals surface area contributed by atoms with Crippen LogP contribution in [0.15, 0.2) is 18.2 Å². The summed E-state index contributed by atoms with van der Waals surface area (Å²) in [5.74, 6) is -1.67. The Morgan fingerprint density at radius 1 is 1.38 bits per heavy atom. The van der Waals surface area contributed by atoms with Crippen molar-refractivity contribution in [2.45, 2.75) is 45.6 Å². The number of halogens is 1. The predicted octanol–water partition coefficient (Wildman–Crippen LogP) is 4.27. The number of hydrogen-bond acceptors (Lipinski definition) is 3. The fraction of sp³-hybridized carbons (Fsp3) is 0.467. The molecule has 1 atom stereocenters. The Morgan fingerprint density at radius 3 is 2.48 bits per heavy atom. The lowest BCUT2D eigenvalue weighted by atomic mass is 9.95. The third-order valence-electron chi connectivity index (χ3n) is 2.73. The van der Waals surface area contributed by atoms with Crippen molar-refractivity contribution in [1.29, 1.82) is 0 Å². The Kier molecular flexibility index (Phi) is 5.61. The number of aliphatic carboxylic acids is 1. The monoisotopic (exact) mass is 313 g/mol. The molecule has 6 heteroatoms. The number of carbonyl (C=O) groups is 2. The van der Waals surface area contributed by atoms with E-state index in [0.29, 0.717) is 22.7 Å². The Balaban J connectivity index is 3.08. The Labute approximate surface area is 129 Å². The summed E-state index contributed by atoms with van der Waals surface area (Å²) in [4.78, 5) is 23.2. The number of carbonyl (C=O) groups excluding carboxylic acids is 1. The molecule has 0 aliphatic rings. The molecule has 1 unspecified atom stereocenters. The first-order valence-corrected chi connectivity index (χ1v) is 7.04. The molecule has 0 aliphatic carbocycles. The molecule has 0 saturated heterocycles. The summed E-state index contributed by atoms with van der Waals surface area (Å²) in [6.45, 7) is 7.01. The van der Waals surface area contributed by atoms with Gasteiger partial charge in [-0.05, 0) is 44.9 Å². The van der Waals surface area contributed by atoms with Crippen LogP contribution in [0.1, 0.15) is 45.6 Å². The third-order valence-corrected chi connectivity index (χ3v) is 2.97. The zero-order valence-corrected chi connectivity index (χ0v) is 13.3. The van der Waals surface area contributed by atoms with Gasteiger partial charge in [0.2, 0.25) is 0 Å². The number of ether oxygens (including phenoxy) is 1. The lowest BCUT2D eigenvalue weighted by molar-refractivity contribution is -0.138. The minimum Gasteiger partial charge on any atom is -0.481 e. The summed E-state index contributed by atoms with van der Waals surface area (Å²) in [6, 6.07) is 4.73. The van der Waals surface area contributed by atoms with E-state index in [2.05, 4.69) is 5.32 Å². The van der Waals surface area contributed by atoms with E-state index >= 15 is 0 Å². The summed E-state index contributed by atoms with van der Waals surface area (Å²) in [5, 5.41) is 12.2. The average Bonchev–Trinajstić information content (AvgIpc) is 2.29. The van der Waals surface area contributed by atoms with Crippen LogP contribution in [0.4, 0.5) is 10.5 Å². The van der Waals surface area contributed by atoms with Gasteiger partial charge in [0.25, 0.3) is 0 Å². The Morgan fingerprint density at radius 2 is 2.00 bits per heavy atom. The van der Waals surface area contributed by atoms with E-state index in [9.17, 15) is 14.7 Å². The van der Waals surface area contributed by atoms with Crippen LogP contribution in [0.2, 0.25) is 5.02 Å². The molecule has 1 aromatic rings. The molecule has 21 heavy (non-hydrogen) atoms. The molecule has 0 heterocycles. The van der Waals surface area contributed by atoms with Gasteiger partial charge < -0.3 is 9.84 Å². The fourth-order valence-corrected chi connectivity index (χ4v) is 2.05. The van der Waals surface area contributed by atoms with Crippen molar-refractivity contribution in [3.8, 4) is 0 Å². The number of hydrogen-bond donors (Lipinski definition) is 2. The number of carboxylic acids is 1. The smallest absolute Gasteiger partial charge is 0.412 e. The molecule has 1 rings (SSSR count). The van der Waals surface area contributed by atoms with E-state index in [-0.39, 0.29) is 0 Å². The van der Waals surface area contributed by atoms with Crippen LogP contribution in [0.3, 0.4) is 0 Å². The minimum atomic E-state index is -0.952. The van der Waals surface area contributed by atoms with Crippen LogP contribution in [-0.2, 0) is 9.53 Å². The maximum Gasteiger partial charge on any atom is 0.412 e. The van der Waals surface area contributed by atoms with Crippen molar-refractivity contribution < 1.29 is 19.4 Å². The maximum absolute atomic E-state index is 11.8. The molecule has 116 valence electrons. The van der Waals surface area contributed by atoms with Gasteiger partial charge in [0.1, 0.15) is 5.60 Å². The van der Waals surface area contributed by atoms with Crippen molar-refractivity contribution in [2.24, 2.45) is 0 Å². The second-order valence-electron chi connectivity index (χ2n) is 5.66. The number of rotatable bonds is 4. The standard InChI is InChI=1S/C15H20ClNO4/c1-5-10(13(18)19)11-7-6-9(16)8-12(11)17-14(20)21-15(2,3)4/h6-8,10H,5H2,1-4H3,(H,17,20)(H,18,19). The van der Waals surface area contributed by atoms with Gasteiger partial charge in [-0.2, -0.15) is 0 Å². The zero-order chi connectivity index (χ0) is 16.2. The van der Waals surface area contributed by atoms with Crippen molar-refractivity contribution in [3.63, 3.8) is 0 Å². The van der Waals surface area contributed by atoms with E-state index in [1.54, 1.807) is 39.8 Å². The van der Waals surface area contributed by atoms with E-state index in [1.807, 2.05) is 0 Å². The molecule has 0 fully saturated rings. The number of benzene rings is 1. The molecule has 1 amide bonds. The molecule has 1 aromatic carbocycles. The van der Waals surface area contributed by atoms with Crippen LogP contribution < -0.4 is 5.32 Å². The largest absolute Gasteiger partial charge is 0.481 e. The second kappa shape index (κ2) is 6.80. The topological polar surface area (TPSA) is 75.6 Å². The fourth-order valence-electron chi connectivity index (χ4n) is 1.88. The van der Waals surface area contributed by atoms with E-state index < -0.39 is 23.6 Å². The number of amides is 1. The van der Waals surface area contributed by atoms with Gasteiger partial charge in [-0.15, -0.1) is 0 Å². The van der Waals surface area contributed by atoms with Crippen LogP contribution in [0, 0.1) is 0 Å². The third kappa shape index (κ3) is 5.27. The van der Waals surface area contributed by atoms with E-state index in [1.165, 1.54) is 6.07 Å². The highest BCUT2D eigenvalue weighted by Crippen LogP contribution is 2.30. The SMILES string of the molecule is CCC(C(=O)O)c1ccc(Cl)cc1NC(=O)OC(C)(C)C. The van der Waals surface area contributed by atoms with E-state index in [0.717, 1.165) is 0 Å². The first-order valence-electron chi connectivity index (χ1n) is 6.66. The summed E-state index contributed by atoms with van der Waals surface area (Å²) < 4.78 is 5.17. The minimum absolute atomic E-state index is 0.353. The molecule has 5 nitrogen and oxygen atoms in total. The Hall–Kier alpha value is -1.75. The van der Waals surface area contributed by atoms with Gasteiger partial charge in [0.15, 0.2) is 0 Å². The highest BCUT2D eigenvalue weighted by atomic mass is 35.5. The summed E-state index contributed by atoms with van der Waals surface area (Å²) in [5.41, 5.74) is 0.214. The molecule has 0 aromatic heterocycles. The highest BCUT2D eigenvalue weighted by Gasteiger charge is 2.23. The first-order chi connectivity index (χ1) is 9.64. The molecule has 2 N–H and O–H groups in total. The quantitative estimate of drug-likeness (QED) is 0.870. The van der Waals surface area contributed by atoms with Crippen molar-refractivity contribution in [1.82, 2.24) is 0 Å². The molecule has 0 spiro atoms. The number of carboxylic acid groups (broad SMARTS) is 1. The van der Waals surface area contributed by atoms with Crippen LogP contribution in [-0.4, -0.2) is 22.8 Å². The van der Waals surface area contributed by atoms with Gasteiger partial charge in [-0.1, -0.05) is 24.6 Å².